The topological polar surface area (TPSA) is 47.7 Å². The Hall–Kier alpha value is -2.36. The van der Waals surface area contributed by atoms with E-state index < -0.39 is 0 Å². The average Bonchev–Trinajstić information content (AvgIpc) is 2.84. The van der Waals surface area contributed by atoms with E-state index in [-0.39, 0.29) is 0 Å². The van der Waals surface area contributed by atoms with Gasteiger partial charge in [0.1, 0.15) is 0 Å². The van der Waals surface area contributed by atoms with Crippen molar-refractivity contribution < 1.29 is 9.47 Å². The molecule has 98 valence electrons. The Morgan fingerprint density at radius 1 is 1.11 bits per heavy atom. The van der Waals surface area contributed by atoms with Gasteiger partial charge >= 0.3 is 0 Å². The van der Waals surface area contributed by atoms with Crippen molar-refractivity contribution in [3.8, 4) is 11.5 Å². The molecule has 1 heterocycles. The SMILES string of the molecule is Cc1cc2c(cc1N(C)c1cccc(N)c1)OCO2. The summed E-state index contributed by atoms with van der Waals surface area (Å²) >= 11 is 0. The second-order valence-electron chi connectivity index (χ2n) is 4.65. The van der Waals surface area contributed by atoms with Crippen LogP contribution in [0, 0.1) is 6.92 Å². The first kappa shape index (κ1) is 11.7. The van der Waals surface area contributed by atoms with E-state index >= 15 is 0 Å². The van der Waals surface area contributed by atoms with Gasteiger partial charge in [-0.05, 0) is 36.8 Å². The predicted molar refractivity (Wildman–Crippen MR) is 76.2 cm³/mol. The van der Waals surface area contributed by atoms with Gasteiger partial charge in [0, 0.05) is 30.2 Å². The number of nitrogens with zero attached hydrogens (tertiary/aromatic N) is 1. The van der Waals surface area contributed by atoms with Crippen LogP contribution < -0.4 is 20.1 Å². The lowest BCUT2D eigenvalue weighted by atomic mass is 10.1. The summed E-state index contributed by atoms with van der Waals surface area (Å²) in [7, 11) is 2.01. The average molecular weight is 256 g/mol. The Morgan fingerprint density at radius 3 is 2.58 bits per heavy atom. The molecule has 0 saturated heterocycles. The van der Waals surface area contributed by atoms with Gasteiger partial charge in [0.15, 0.2) is 11.5 Å². The quantitative estimate of drug-likeness (QED) is 0.839. The molecular weight excluding hydrogens is 240 g/mol. The van der Waals surface area contributed by atoms with Crippen molar-refractivity contribution in [1.29, 1.82) is 0 Å². The maximum Gasteiger partial charge on any atom is 0.231 e. The molecule has 4 heteroatoms. The van der Waals surface area contributed by atoms with Crippen molar-refractivity contribution in [2.45, 2.75) is 6.92 Å². The molecule has 3 rings (SSSR count). The van der Waals surface area contributed by atoms with Gasteiger partial charge in [-0.25, -0.2) is 0 Å². The summed E-state index contributed by atoms with van der Waals surface area (Å²) < 4.78 is 10.8. The number of nitrogen functional groups attached to an aromatic ring is 1. The number of aryl methyl sites for hydroxylation is 1. The van der Waals surface area contributed by atoms with E-state index in [1.54, 1.807) is 0 Å². The largest absolute Gasteiger partial charge is 0.454 e. The molecule has 2 aromatic rings. The minimum atomic E-state index is 0.292. The Morgan fingerprint density at radius 2 is 1.84 bits per heavy atom. The molecule has 0 amide bonds. The Kier molecular flexibility index (Phi) is 2.71. The summed E-state index contributed by atoms with van der Waals surface area (Å²) in [5.74, 6) is 1.60. The number of nitrogens with two attached hydrogens (primary N) is 1. The Bertz CT molecular complexity index is 626. The van der Waals surface area contributed by atoms with Crippen LogP contribution in [0.25, 0.3) is 0 Å². The molecule has 2 N–H and O–H groups in total. The lowest BCUT2D eigenvalue weighted by Crippen LogP contribution is -2.11. The van der Waals surface area contributed by atoms with Gasteiger partial charge in [0.05, 0.1) is 0 Å². The molecule has 0 radical (unpaired) electrons. The number of ether oxygens (including phenoxy) is 2. The van der Waals surface area contributed by atoms with Crippen LogP contribution in [0.3, 0.4) is 0 Å². The third-order valence-electron chi connectivity index (χ3n) is 3.31. The minimum Gasteiger partial charge on any atom is -0.454 e. The number of rotatable bonds is 2. The summed E-state index contributed by atoms with van der Waals surface area (Å²) in [6, 6.07) is 11.8. The Labute approximate surface area is 112 Å². The highest BCUT2D eigenvalue weighted by atomic mass is 16.7. The fourth-order valence-electron chi connectivity index (χ4n) is 2.27. The van der Waals surface area contributed by atoms with Gasteiger partial charge in [-0.15, -0.1) is 0 Å². The highest BCUT2D eigenvalue weighted by molar-refractivity contribution is 5.71. The van der Waals surface area contributed by atoms with E-state index in [1.165, 1.54) is 0 Å². The first-order valence-corrected chi connectivity index (χ1v) is 6.14. The molecule has 2 aromatic carbocycles. The van der Waals surface area contributed by atoms with Gasteiger partial charge in [-0.1, -0.05) is 6.07 Å². The van der Waals surface area contributed by atoms with Crippen molar-refractivity contribution in [2.75, 3.05) is 24.5 Å². The monoisotopic (exact) mass is 256 g/mol. The zero-order valence-corrected chi connectivity index (χ0v) is 11.0. The third kappa shape index (κ3) is 2.05. The third-order valence-corrected chi connectivity index (χ3v) is 3.31. The number of hydrogen-bond donors (Lipinski definition) is 1. The van der Waals surface area contributed by atoms with Crippen LogP contribution in [0.5, 0.6) is 11.5 Å². The first-order chi connectivity index (χ1) is 9.15. The van der Waals surface area contributed by atoms with Crippen molar-refractivity contribution in [2.24, 2.45) is 0 Å². The molecule has 0 bridgehead atoms. The van der Waals surface area contributed by atoms with E-state index in [0.29, 0.717) is 6.79 Å². The summed E-state index contributed by atoms with van der Waals surface area (Å²) in [4.78, 5) is 2.09. The van der Waals surface area contributed by atoms with Gasteiger partial charge in [-0.2, -0.15) is 0 Å². The molecule has 0 spiro atoms. The zero-order valence-electron chi connectivity index (χ0n) is 11.0. The van der Waals surface area contributed by atoms with E-state index in [1.807, 2.05) is 43.4 Å². The molecule has 0 saturated carbocycles. The van der Waals surface area contributed by atoms with E-state index in [0.717, 1.165) is 34.1 Å². The van der Waals surface area contributed by atoms with E-state index in [2.05, 4.69) is 11.8 Å². The summed E-state index contributed by atoms with van der Waals surface area (Å²) in [5.41, 5.74) is 9.84. The number of hydrogen-bond acceptors (Lipinski definition) is 4. The van der Waals surface area contributed by atoms with Crippen LogP contribution >= 0.6 is 0 Å². The first-order valence-electron chi connectivity index (χ1n) is 6.14. The summed E-state index contributed by atoms with van der Waals surface area (Å²) in [6.45, 7) is 2.35. The highest BCUT2D eigenvalue weighted by Gasteiger charge is 2.17. The molecule has 1 aliphatic heterocycles. The predicted octanol–water partition coefficient (Wildman–Crippen LogP) is 3.07. The lowest BCUT2D eigenvalue weighted by molar-refractivity contribution is 0.174. The molecule has 0 fully saturated rings. The number of anilines is 3. The molecule has 0 aliphatic carbocycles. The summed E-state index contributed by atoms with van der Waals surface area (Å²) in [5, 5.41) is 0. The molecule has 0 atom stereocenters. The van der Waals surface area contributed by atoms with Gasteiger partial charge in [-0.3, -0.25) is 0 Å². The summed E-state index contributed by atoms with van der Waals surface area (Å²) in [6.07, 6.45) is 0. The normalized spacial score (nSPS) is 12.5. The van der Waals surface area contributed by atoms with Crippen molar-refractivity contribution >= 4 is 17.1 Å². The van der Waals surface area contributed by atoms with Crippen LogP contribution in [0.15, 0.2) is 36.4 Å². The van der Waals surface area contributed by atoms with Crippen LogP contribution in [0.2, 0.25) is 0 Å². The molecule has 19 heavy (non-hydrogen) atoms. The van der Waals surface area contributed by atoms with Crippen molar-refractivity contribution in [3.05, 3.63) is 42.0 Å². The van der Waals surface area contributed by atoms with Crippen molar-refractivity contribution in [1.82, 2.24) is 0 Å². The number of benzene rings is 2. The standard InChI is InChI=1S/C15H16N2O2/c1-10-6-14-15(19-9-18-14)8-13(10)17(2)12-5-3-4-11(16)7-12/h3-8H,9,16H2,1-2H3. The van der Waals surface area contributed by atoms with E-state index in [4.69, 9.17) is 15.2 Å². The second kappa shape index (κ2) is 4.39. The van der Waals surface area contributed by atoms with Crippen LogP contribution in [-0.4, -0.2) is 13.8 Å². The smallest absolute Gasteiger partial charge is 0.231 e. The molecule has 0 aromatic heterocycles. The minimum absolute atomic E-state index is 0.292. The Balaban J connectivity index is 2.02. The van der Waals surface area contributed by atoms with E-state index in [9.17, 15) is 0 Å². The molecule has 1 aliphatic rings. The molecular formula is C15H16N2O2. The van der Waals surface area contributed by atoms with Crippen LogP contribution in [0.1, 0.15) is 5.56 Å². The zero-order chi connectivity index (χ0) is 13.4. The fourth-order valence-corrected chi connectivity index (χ4v) is 2.27. The maximum atomic E-state index is 5.83. The maximum absolute atomic E-state index is 5.83. The van der Waals surface area contributed by atoms with Crippen LogP contribution in [-0.2, 0) is 0 Å². The highest BCUT2D eigenvalue weighted by Crippen LogP contribution is 2.39. The lowest BCUT2D eigenvalue weighted by Gasteiger charge is -2.22. The van der Waals surface area contributed by atoms with Crippen LogP contribution in [0.4, 0.5) is 17.1 Å². The molecule has 4 nitrogen and oxygen atoms in total. The van der Waals surface area contributed by atoms with Gasteiger partial charge < -0.3 is 20.1 Å². The fraction of sp³-hybridized carbons (Fsp3) is 0.200. The second-order valence-corrected chi connectivity index (χ2v) is 4.65. The van der Waals surface area contributed by atoms with Gasteiger partial charge in [0.25, 0.3) is 0 Å². The number of fused-ring (bicyclic) bond motifs is 1. The van der Waals surface area contributed by atoms with Gasteiger partial charge in [0.2, 0.25) is 6.79 Å². The molecule has 0 unspecified atom stereocenters. The van der Waals surface area contributed by atoms with Crippen molar-refractivity contribution in [3.63, 3.8) is 0 Å².